The highest BCUT2D eigenvalue weighted by Gasteiger charge is 2.26. The molecule has 0 spiro atoms. The summed E-state index contributed by atoms with van der Waals surface area (Å²) in [6, 6.07) is 7.31. The van der Waals surface area contributed by atoms with Gasteiger partial charge in [-0.3, -0.25) is 14.9 Å². The minimum atomic E-state index is -2.72. The molecule has 150 valence electrons. The molecule has 1 fully saturated rings. The zero-order valence-electron chi connectivity index (χ0n) is 15.7. The van der Waals surface area contributed by atoms with Crippen molar-refractivity contribution < 1.29 is 13.6 Å². The summed E-state index contributed by atoms with van der Waals surface area (Å²) in [5.41, 5.74) is 6.96. The van der Waals surface area contributed by atoms with Crippen LogP contribution in [0.15, 0.2) is 41.0 Å². The van der Waals surface area contributed by atoms with Crippen LogP contribution in [0.5, 0.6) is 0 Å². The Hall–Kier alpha value is -3.54. The summed E-state index contributed by atoms with van der Waals surface area (Å²) in [6.45, 7) is 1.64. The molecule has 1 aromatic carbocycles. The van der Waals surface area contributed by atoms with Crippen molar-refractivity contribution in [1.82, 2.24) is 10.2 Å². The van der Waals surface area contributed by atoms with Crippen molar-refractivity contribution in [1.29, 1.82) is 5.26 Å². The average Bonchev–Trinajstić information content (AvgIpc) is 3.47. The SMILES string of the molecule is CC(C(=O)Nc1cc(C2CC2)[nH]n1)/C(C=Nc1cc(C#N)cc(C(F)F)c1)=C/N. The number of amides is 1. The van der Waals surface area contributed by atoms with E-state index in [-0.39, 0.29) is 22.7 Å². The third-order valence-electron chi connectivity index (χ3n) is 4.64. The predicted molar refractivity (Wildman–Crippen MR) is 105 cm³/mol. The van der Waals surface area contributed by atoms with E-state index in [1.54, 1.807) is 6.92 Å². The molecular formula is C20H20F2N6O. The molecule has 1 aliphatic carbocycles. The lowest BCUT2D eigenvalue weighted by atomic mass is 10.0. The minimum absolute atomic E-state index is 0.0732. The van der Waals surface area contributed by atoms with E-state index < -0.39 is 12.3 Å². The molecule has 1 aromatic heterocycles. The number of hydrogen-bond acceptors (Lipinski definition) is 5. The number of nitrogens with one attached hydrogen (secondary N) is 2. The van der Waals surface area contributed by atoms with Crippen molar-refractivity contribution in [2.45, 2.75) is 32.1 Å². The smallest absolute Gasteiger partial charge is 0.263 e. The molecule has 1 atom stereocenters. The highest BCUT2D eigenvalue weighted by atomic mass is 19.3. The van der Waals surface area contributed by atoms with Gasteiger partial charge in [0.1, 0.15) is 0 Å². The highest BCUT2D eigenvalue weighted by molar-refractivity contribution is 5.98. The molecule has 7 nitrogen and oxygen atoms in total. The van der Waals surface area contributed by atoms with Crippen LogP contribution in [0, 0.1) is 17.2 Å². The van der Waals surface area contributed by atoms with Gasteiger partial charge >= 0.3 is 0 Å². The van der Waals surface area contributed by atoms with E-state index in [4.69, 9.17) is 11.0 Å². The average molecular weight is 398 g/mol. The number of aliphatic imine (C=N–C) groups is 1. The molecule has 0 bridgehead atoms. The van der Waals surface area contributed by atoms with E-state index in [1.807, 2.05) is 12.1 Å². The number of aromatic nitrogens is 2. The number of benzene rings is 1. The monoisotopic (exact) mass is 398 g/mol. The third-order valence-corrected chi connectivity index (χ3v) is 4.64. The van der Waals surface area contributed by atoms with Crippen LogP contribution in [0.1, 0.15) is 48.9 Å². The maximum Gasteiger partial charge on any atom is 0.263 e. The normalized spacial score (nSPS) is 15.5. The molecular weight excluding hydrogens is 378 g/mol. The van der Waals surface area contributed by atoms with Crippen LogP contribution >= 0.6 is 0 Å². The molecule has 0 radical (unpaired) electrons. The van der Waals surface area contributed by atoms with E-state index in [9.17, 15) is 13.6 Å². The van der Waals surface area contributed by atoms with Gasteiger partial charge in [0.25, 0.3) is 6.43 Å². The fourth-order valence-electron chi connectivity index (χ4n) is 2.74. The third kappa shape index (κ3) is 5.04. The second kappa shape index (κ2) is 8.65. The van der Waals surface area contributed by atoms with Gasteiger partial charge in [0.2, 0.25) is 5.91 Å². The summed E-state index contributed by atoms with van der Waals surface area (Å²) < 4.78 is 25.9. The van der Waals surface area contributed by atoms with Crippen LogP contribution in [0.25, 0.3) is 0 Å². The number of halogens is 2. The van der Waals surface area contributed by atoms with E-state index in [0.717, 1.165) is 24.6 Å². The first kappa shape index (κ1) is 20.2. The Morgan fingerprint density at radius 1 is 1.41 bits per heavy atom. The van der Waals surface area contributed by atoms with Crippen LogP contribution in [0.4, 0.5) is 20.3 Å². The number of H-pyrrole nitrogens is 1. The van der Waals surface area contributed by atoms with Crippen LogP contribution < -0.4 is 11.1 Å². The highest BCUT2D eigenvalue weighted by Crippen LogP contribution is 2.39. The summed E-state index contributed by atoms with van der Waals surface area (Å²) >= 11 is 0. The first-order valence-corrected chi connectivity index (χ1v) is 9.06. The van der Waals surface area contributed by atoms with Gasteiger partial charge in [-0.15, -0.1) is 0 Å². The van der Waals surface area contributed by atoms with E-state index >= 15 is 0 Å². The van der Waals surface area contributed by atoms with Gasteiger partial charge in [0.15, 0.2) is 5.82 Å². The zero-order chi connectivity index (χ0) is 21.0. The second-order valence-corrected chi connectivity index (χ2v) is 6.84. The number of nitrogens with two attached hydrogens (primary N) is 1. The first-order chi connectivity index (χ1) is 13.9. The minimum Gasteiger partial charge on any atom is -0.404 e. The van der Waals surface area contributed by atoms with Gasteiger partial charge in [0, 0.05) is 29.5 Å². The molecule has 29 heavy (non-hydrogen) atoms. The molecule has 1 heterocycles. The van der Waals surface area contributed by atoms with Crippen molar-refractivity contribution in [3.05, 3.63) is 52.9 Å². The van der Waals surface area contributed by atoms with Gasteiger partial charge in [-0.25, -0.2) is 8.78 Å². The van der Waals surface area contributed by atoms with Crippen molar-refractivity contribution in [2.75, 3.05) is 5.32 Å². The maximum absolute atomic E-state index is 13.0. The Balaban J connectivity index is 1.70. The molecule has 4 N–H and O–H groups in total. The van der Waals surface area contributed by atoms with Crippen molar-refractivity contribution in [3.63, 3.8) is 0 Å². The summed E-state index contributed by atoms with van der Waals surface area (Å²) in [6.07, 6.45) is 2.07. The predicted octanol–water partition coefficient (Wildman–Crippen LogP) is 3.92. The first-order valence-electron chi connectivity index (χ1n) is 9.06. The Morgan fingerprint density at radius 2 is 2.17 bits per heavy atom. The number of carbonyl (C=O) groups is 1. The molecule has 1 amide bonds. The van der Waals surface area contributed by atoms with E-state index in [2.05, 4.69) is 20.5 Å². The van der Waals surface area contributed by atoms with Crippen LogP contribution in [0.2, 0.25) is 0 Å². The number of alkyl halides is 2. The van der Waals surface area contributed by atoms with Gasteiger partial charge in [-0.2, -0.15) is 10.4 Å². The lowest BCUT2D eigenvalue weighted by molar-refractivity contribution is -0.118. The Morgan fingerprint density at radius 3 is 2.79 bits per heavy atom. The van der Waals surface area contributed by atoms with Crippen LogP contribution in [0.3, 0.4) is 0 Å². The Kier molecular flexibility index (Phi) is 6.02. The quantitative estimate of drug-likeness (QED) is 0.612. The number of carbonyl (C=O) groups excluding carboxylic acids is 1. The molecule has 2 aromatic rings. The lowest BCUT2D eigenvalue weighted by Crippen LogP contribution is -2.23. The largest absolute Gasteiger partial charge is 0.404 e. The topological polar surface area (TPSA) is 120 Å². The van der Waals surface area contributed by atoms with E-state index in [1.165, 1.54) is 24.5 Å². The summed E-state index contributed by atoms with van der Waals surface area (Å²) in [5, 5.41) is 18.7. The van der Waals surface area contributed by atoms with Gasteiger partial charge in [-0.05, 0) is 49.7 Å². The second-order valence-electron chi connectivity index (χ2n) is 6.84. The van der Waals surface area contributed by atoms with Gasteiger partial charge < -0.3 is 11.1 Å². The Bertz CT molecular complexity index is 1000. The number of aromatic amines is 1. The molecule has 3 rings (SSSR count). The Labute approximate surface area is 166 Å². The van der Waals surface area contributed by atoms with Gasteiger partial charge in [-0.1, -0.05) is 0 Å². The fourth-order valence-corrected chi connectivity index (χ4v) is 2.74. The van der Waals surface area contributed by atoms with E-state index in [0.29, 0.717) is 17.3 Å². The number of anilines is 1. The lowest BCUT2D eigenvalue weighted by Gasteiger charge is -2.11. The number of rotatable bonds is 7. The maximum atomic E-state index is 13.0. The van der Waals surface area contributed by atoms with Crippen molar-refractivity contribution in [2.24, 2.45) is 16.6 Å². The number of hydrogen-bond donors (Lipinski definition) is 3. The molecule has 1 aliphatic rings. The number of nitrogens with zero attached hydrogens (tertiary/aromatic N) is 3. The van der Waals surface area contributed by atoms with Crippen LogP contribution in [-0.4, -0.2) is 22.3 Å². The fraction of sp³-hybridized carbons (Fsp3) is 0.300. The van der Waals surface area contributed by atoms with Gasteiger partial charge in [0.05, 0.1) is 23.2 Å². The van der Waals surface area contributed by atoms with Crippen LogP contribution in [-0.2, 0) is 4.79 Å². The number of nitriles is 1. The molecule has 0 aliphatic heterocycles. The molecule has 1 unspecified atom stereocenters. The summed E-state index contributed by atoms with van der Waals surface area (Å²) in [4.78, 5) is 16.6. The van der Waals surface area contributed by atoms with Crippen molar-refractivity contribution in [3.8, 4) is 6.07 Å². The molecule has 9 heteroatoms. The standard InChI is InChI=1S/C20H20F2N6O/c1-11(20(29)26-18-7-17(27-28-18)13-2-3-13)15(9-24)10-25-16-5-12(8-23)4-14(6-16)19(21)22/h4-7,9-11,13,19H,2-3,24H2,1H3,(H2,26,27,28,29)/b15-9+,25-10?. The summed E-state index contributed by atoms with van der Waals surface area (Å²) in [5.74, 6) is -0.0699. The molecule has 1 saturated carbocycles. The zero-order valence-corrected chi connectivity index (χ0v) is 15.7. The van der Waals surface area contributed by atoms with Crippen molar-refractivity contribution >= 4 is 23.6 Å². The summed E-state index contributed by atoms with van der Waals surface area (Å²) in [7, 11) is 0. The molecule has 0 saturated heterocycles.